The van der Waals surface area contributed by atoms with Crippen LogP contribution in [-0.4, -0.2) is 62.3 Å². The van der Waals surface area contributed by atoms with Gasteiger partial charge in [-0.05, 0) is 79.5 Å². The van der Waals surface area contributed by atoms with E-state index in [1.807, 2.05) is 19.9 Å². The van der Waals surface area contributed by atoms with Crippen LogP contribution in [0.4, 0.5) is 4.39 Å². The number of nitrogens with one attached hydrogen (secondary N) is 1. The van der Waals surface area contributed by atoms with Gasteiger partial charge in [-0.3, -0.25) is 4.79 Å². The highest BCUT2D eigenvalue weighted by molar-refractivity contribution is 6.31. The molecule has 2 aliphatic heterocycles. The van der Waals surface area contributed by atoms with Crippen LogP contribution < -0.4 is 10.3 Å². The Morgan fingerprint density at radius 1 is 1.17 bits per heavy atom. The molecule has 9 nitrogen and oxygen atoms in total. The third-order valence-corrected chi connectivity index (χ3v) is 8.70. The van der Waals surface area contributed by atoms with E-state index in [1.165, 1.54) is 6.07 Å². The fourth-order valence-corrected chi connectivity index (χ4v) is 6.54. The SMILES string of the molecule is CC(C)n1cc(-c2cc(F)c3c(c2)CC[C@@H]3Cc2nc3nc(O[C@@H]4CO[C@H]5[C@@H]4OC[C@H]5O)[nH]c3cc2Cl)ccc1=O. The largest absolute Gasteiger partial charge is 0.456 e. The molecule has 2 N–H and O–H groups in total. The Kier molecular flexibility index (Phi) is 6.61. The third kappa shape index (κ3) is 4.72. The second kappa shape index (κ2) is 10.2. The fraction of sp³-hybridized carbons (Fsp3) is 0.433. The molecule has 7 rings (SSSR count). The second-order valence-electron chi connectivity index (χ2n) is 11.4. The van der Waals surface area contributed by atoms with Crippen LogP contribution in [-0.2, 0) is 22.3 Å². The molecule has 0 saturated carbocycles. The van der Waals surface area contributed by atoms with Crippen molar-refractivity contribution in [1.82, 2.24) is 19.5 Å². The van der Waals surface area contributed by atoms with Crippen molar-refractivity contribution in [3.63, 3.8) is 0 Å². The average Bonchev–Trinajstić information content (AvgIpc) is 3.71. The monoisotopic (exact) mass is 580 g/mol. The zero-order valence-electron chi connectivity index (χ0n) is 22.6. The fourth-order valence-electron chi connectivity index (χ4n) is 6.31. The van der Waals surface area contributed by atoms with Crippen LogP contribution in [0.25, 0.3) is 22.3 Å². The van der Waals surface area contributed by atoms with Crippen molar-refractivity contribution in [2.45, 2.75) is 69.5 Å². The van der Waals surface area contributed by atoms with Crippen molar-refractivity contribution in [2.24, 2.45) is 0 Å². The van der Waals surface area contributed by atoms with Gasteiger partial charge in [0.2, 0.25) is 0 Å². The van der Waals surface area contributed by atoms with E-state index in [-0.39, 0.29) is 42.1 Å². The summed E-state index contributed by atoms with van der Waals surface area (Å²) in [5, 5.41) is 10.4. The van der Waals surface area contributed by atoms with E-state index in [0.717, 1.165) is 29.5 Å². The van der Waals surface area contributed by atoms with E-state index in [0.29, 0.717) is 40.5 Å². The van der Waals surface area contributed by atoms with Crippen molar-refractivity contribution in [3.05, 3.63) is 74.5 Å². The van der Waals surface area contributed by atoms with Crippen molar-refractivity contribution in [3.8, 4) is 17.1 Å². The molecule has 11 heteroatoms. The van der Waals surface area contributed by atoms with Crippen molar-refractivity contribution < 1.29 is 23.7 Å². The summed E-state index contributed by atoms with van der Waals surface area (Å²) in [5.74, 6) is -0.328. The lowest BCUT2D eigenvalue weighted by Gasteiger charge is -2.15. The van der Waals surface area contributed by atoms with Gasteiger partial charge in [0.15, 0.2) is 11.8 Å². The maximum atomic E-state index is 15.6. The first kappa shape index (κ1) is 26.6. The number of hydrogen-bond acceptors (Lipinski definition) is 7. The summed E-state index contributed by atoms with van der Waals surface area (Å²) in [6.07, 6.45) is 1.99. The molecule has 5 atom stereocenters. The first-order chi connectivity index (χ1) is 19.7. The van der Waals surface area contributed by atoms with Crippen LogP contribution in [0, 0.1) is 5.82 Å². The van der Waals surface area contributed by atoms with Gasteiger partial charge < -0.3 is 28.9 Å². The average molecular weight is 581 g/mol. The van der Waals surface area contributed by atoms with Crippen LogP contribution >= 0.6 is 11.6 Å². The van der Waals surface area contributed by atoms with E-state index >= 15 is 4.39 Å². The minimum Gasteiger partial charge on any atom is -0.456 e. The number of rotatable bonds is 6. The Bertz CT molecular complexity index is 1700. The molecule has 0 amide bonds. The molecule has 2 saturated heterocycles. The number of benzene rings is 1. The van der Waals surface area contributed by atoms with Gasteiger partial charge in [-0.2, -0.15) is 4.98 Å². The lowest BCUT2D eigenvalue weighted by atomic mass is 9.93. The highest BCUT2D eigenvalue weighted by Crippen LogP contribution is 2.40. The molecule has 0 radical (unpaired) electrons. The summed E-state index contributed by atoms with van der Waals surface area (Å²) < 4.78 is 34.5. The Balaban J connectivity index is 1.12. The summed E-state index contributed by atoms with van der Waals surface area (Å²) in [7, 11) is 0. The number of imidazole rings is 1. The first-order valence-electron chi connectivity index (χ1n) is 13.9. The molecule has 41 heavy (non-hydrogen) atoms. The zero-order valence-corrected chi connectivity index (χ0v) is 23.4. The molecule has 214 valence electrons. The smallest absolute Gasteiger partial charge is 0.296 e. The number of aliphatic hydroxyl groups excluding tert-OH is 1. The number of aryl methyl sites for hydroxylation is 1. The third-order valence-electron chi connectivity index (χ3n) is 8.38. The van der Waals surface area contributed by atoms with Gasteiger partial charge in [0.25, 0.3) is 11.6 Å². The summed E-state index contributed by atoms with van der Waals surface area (Å²) in [6, 6.07) is 8.92. The molecule has 2 fully saturated rings. The zero-order chi connectivity index (χ0) is 28.4. The van der Waals surface area contributed by atoms with Crippen LogP contribution in [0.2, 0.25) is 5.02 Å². The lowest BCUT2D eigenvalue weighted by molar-refractivity contribution is 0.00706. The molecular weight excluding hydrogens is 551 g/mol. The second-order valence-corrected chi connectivity index (χ2v) is 11.8. The number of hydrogen-bond donors (Lipinski definition) is 2. The molecule has 3 aliphatic rings. The highest BCUT2D eigenvalue weighted by atomic mass is 35.5. The van der Waals surface area contributed by atoms with E-state index in [2.05, 4.69) is 9.97 Å². The summed E-state index contributed by atoms with van der Waals surface area (Å²) in [4.78, 5) is 24.5. The number of pyridine rings is 2. The highest BCUT2D eigenvalue weighted by Gasteiger charge is 2.48. The number of halogens is 2. The standard InChI is InChI=1S/C30H30ClFN4O5/c1-14(2)36-11-17(5-6-25(36)38)18-7-15-3-4-16(26(15)20(32)8-18)9-21-19(31)10-22-29(33-21)35-30(34-22)41-24-13-40-27-23(37)12-39-28(24)27/h5-8,10-11,14,16,23-24,27-28,37H,3-4,9,12-13H2,1-2H3,(H,33,34,35)/t16-,23-,24-,27-,28-/m1/s1. The van der Waals surface area contributed by atoms with Gasteiger partial charge in [0.1, 0.15) is 24.1 Å². The van der Waals surface area contributed by atoms with Gasteiger partial charge in [-0.25, -0.2) is 9.37 Å². The summed E-state index contributed by atoms with van der Waals surface area (Å²) in [5.41, 5.74) is 4.89. The van der Waals surface area contributed by atoms with E-state index in [4.69, 9.17) is 30.8 Å². The summed E-state index contributed by atoms with van der Waals surface area (Å²) in [6.45, 7) is 4.40. The van der Waals surface area contributed by atoms with Crippen LogP contribution in [0.3, 0.4) is 0 Å². The number of aliphatic hydroxyl groups is 1. The lowest BCUT2D eigenvalue weighted by Crippen LogP contribution is -2.34. The molecule has 3 aromatic heterocycles. The normalized spacial score (nSPS) is 25.3. The Hall–Kier alpha value is -3.31. The molecule has 0 bridgehead atoms. The minimum absolute atomic E-state index is 0.0114. The van der Waals surface area contributed by atoms with Crippen molar-refractivity contribution >= 4 is 22.8 Å². The Morgan fingerprint density at radius 2 is 2.00 bits per heavy atom. The van der Waals surface area contributed by atoms with E-state index in [1.54, 1.807) is 29.0 Å². The van der Waals surface area contributed by atoms with Crippen LogP contribution in [0.5, 0.6) is 6.01 Å². The molecular formula is C30H30ClFN4O5. The van der Waals surface area contributed by atoms with Gasteiger partial charge in [-0.1, -0.05) is 17.7 Å². The Morgan fingerprint density at radius 3 is 2.83 bits per heavy atom. The molecule has 0 spiro atoms. The van der Waals surface area contributed by atoms with Gasteiger partial charge in [-0.15, -0.1) is 0 Å². The number of H-pyrrole nitrogens is 1. The van der Waals surface area contributed by atoms with Crippen LogP contribution in [0.1, 0.15) is 49.0 Å². The number of nitrogens with zero attached hydrogens (tertiary/aromatic N) is 3. The maximum absolute atomic E-state index is 15.6. The predicted molar refractivity (Wildman–Crippen MR) is 150 cm³/mol. The predicted octanol–water partition coefficient (Wildman–Crippen LogP) is 4.34. The topological polar surface area (TPSA) is 111 Å². The maximum Gasteiger partial charge on any atom is 0.296 e. The number of fused-ring (bicyclic) bond motifs is 3. The quantitative estimate of drug-likeness (QED) is 0.349. The minimum atomic E-state index is -0.661. The molecule has 5 heterocycles. The molecule has 1 aromatic carbocycles. The Labute approximate surface area is 240 Å². The summed E-state index contributed by atoms with van der Waals surface area (Å²) >= 11 is 6.63. The van der Waals surface area contributed by atoms with Gasteiger partial charge in [0, 0.05) is 18.3 Å². The van der Waals surface area contributed by atoms with Gasteiger partial charge >= 0.3 is 0 Å². The van der Waals surface area contributed by atoms with Gasteiger partial charge in [0.05, 0.1) is 29.4 Å². The molecule has 1 aliphatic carbocycles. The number of ether oxygens (including phenoxy) is 3. The van der Waals surface area contributed by atoms with E-state index in [9.17, 15) is 9.90 Å². The van der Waals surface area contributed by atoms with Crippen molar-refractivity contribution in [1.29, 1.82) is 0 Å². The molecule has 4 aromatic rings. The number of aromatic amines is 1. The van der Waals surface area contributed by atoms with E-state index < -0.39 is 18.3 Å². The number of aromatic nitrogens is 4. The van der Waals surface area contributed by atoms with Crippen LogP contribution in [0.15, 0.2) is 41.3 Å². The van der Waals surface area contributed by atoms with Crippen molar-refractivity contribution in [2.75, 3.05) is 13.2 Å². The molecule has 0 unspecified atom stereocenters. The first-order valence-corrected chi connectivity index (χ1v) is 14.3.